The minimum atomic E-state index is -5.29. The van der Waals surface area contributed by atoms with E-state index in [9.17, 15) is 27.6 Å². The van der Waals surface area contributed by atoms with Crippen LogP contribution in [0.5, 0.6) is 0 Å². The van der Waals surface area contributed by atoms with Crippen molar-refractivity contribution in [1.29, 1.82) is 5.41 Å². The molecule has 1 atom stereocenters. The first-order valence-corrected chi connectivity index (χ1v) is 13.1. The van der Waals surface area contributed by atoms with Crippen LogP contribution in [0.2, 0.25) is 0 Å². The van der Waals surface area contributed by atoms with Crippen LogP contribution in [-0.2, 0) is 22.6 Å². The summed E-state index contributed by atoms with van der Waals surface area (Å²) in [6, 6.07) is 24.0. The van der Waals surface area contributed by atoms with Gasteiger partial charge in [0.1, 0.15) is 17.6 Å². The van der Waals surface area contributed by atoms with Crippen molar-refractivity contribution in [3.8, 4) is 11.1 Å². The van der Waals surface area contributed by atoms with Gasteiger partial charge >= 0.3 is 12.1 Å². The van der Waals surface area contributed by atoms with Crippen LogP contribution in [0.25, 0.3) is 11.1 Å². The molecule has 0 fully saturated rings. The molecule has 0 saturated heterocycles. The number of aromatic nitrogens is 1. The zero-order valence-corrected chi connectivity index (χ0v) is 22.9. The molecule has 222 valence electrons. The Hall–Kier alpha value is -5.39. The second-order valence-electron chi connectivity index (χ2n) is 9.70. The van der Waals surface area contributed by atoms with E-state index in [2.05, 4.69) is 15.5 Å². The first-order valence-electron chi connectivity index (χ1n) is 13.1. The number of nitrogens with zero attached hydrogens (tertiary/aromatic N) is 1. The van der Waals surface area contributed by atoms with Crippen molar-refractivity contribution in [2.75, 3.05) is 0 Å². The number of nitrogens with one attached hydrogen (secondary N) is 3. The Morgan fingerprint density at radius 1 is 0.907 bits per heavy atom. The van der Waals surface area contributed by atoms with Gasteiger partial charge in [-0.15, -0.1) is 0 Å². The van der Waals surface area contributed by atoms with E-state index < -0.39 is 35.7 Å². The summed E-state index contributed by atoms with van der Waals surface area (Å²) >= 11 is 0. The van der Waals surface area contributed by atoms with Gasteiger partial charge in [0.05, 0.1) is 0 Å². The van der Waals surface area contributed by atoms with Crippen LogP contribution in [0.15, 0.2) is 91.1 Å². The Morgan fingerprint density at radius 3 is 2.12 bits per heavy atom. The molecule has 12 heteroatoms. The van der Waals surface area contributed by atoms with E-state index in [4.69, 9.17) is 11.1 Å². The van der Waals surface area contributed by atoms with Gasteiger partial charge < -0.3 is 21.2 Å². The second kappa shape index (κ2) is 13.1. The molecule has 9 nitrogen and oxygen atoms in total. The molecule has 2 amide bonds. The molecule has 0 aliphatic heterocycles. The number of hydrogen-bond acceptors (Lipinski definition) is 5. The van der Waals surface area contributed by atoms with Gasteiger partial charge in [-0.2, -0.15) is 17.9 Å². The molecule has 0 aliphatic rings. The Kier molecular flexibility index (Phi) is 9.29. The highest BCUT2D eigenvalue weighted by molar-refractivity contribution is 5.97. The van der Waals surface area contributed by atoms with Crippen LogP contribution in [0.4, 0.5) is 13.2 Å². The fourth-order valence-electron chi connectivity index (χ4n) is 4.14. The predicted molar refractivity (Wildman–Crippen MR) is 153 cm³/mol. The highest BCUT2D eigenvalue weighted by Crippen LogP contribution is 2.22. The number of hydrogen-bond donors (Lipinski definition) is 4. The maximum atomic E-state index is 13.0. The molecule has 0 aliphatic carbocycles. The lowest BCUT2D eigenvalue weighted by atomic mass is 10.0. The summed E-state index contributed by atoms with van der Waals surface area (Å²) in [5.41, 5.74) is 9.46. The van der Waals surface area contributed by atoms with E-state index in [1.165, 1.54) is 13.0 Å². The van der Waals surface area contributed by atoms with Crippen LogP contribution < -0.4 is 21.2 Å². The lowest BCUT2D eigenvalue weighted by Gasteiger charge is -2.15. The van der Waals surface area contributed by atoms with Crippen molar-refractivity contribution < 1.29 is 32.4 Å². The van der Waals surface area contributed by atoms with E-state index in [1.807, 2.05) is 54.6 Å². The predicted octanol–water partition coefficient (Wildman–Crippen LogP) is 3.98. The lowest BCUT2D eigenvalue weighted by molar-refractivity contribution is -0.200. The molecule has 0 saturated carbocycles. The Labute approximate surface area is 244 Å². The summed E-state index contributed by atoms with van der Waals surface area (Å²) in [6.45, 7) is 1.51. The second-order valence-corrected chi connectivity index (χ2v) is 9.70. The Bertz CT molecular complexity index is 1620. The average Bonchev–Trinajstić information content (AvgIpc) is 3.38. The monoisotopic (exact) mass is 591 g/mol. The van der Waals surface area contributed by atoms with E-state index >= 15 is 0 Å². The molecule has 4 aromatic rings. The van der Waals surface area contributed by atoms with Gasteiger partial charge in [-0.25, -0.2) is 4.79 Å². The first kappa shape index (κ1) is 30.6. The van der Waals surface area contributed by atoms with Crippen molar-refractivity contribution >= 4 is 23.6 Å². The number of amides is 2. The third-order valence-corrected chi connectivity index (χ3v) is 6.43. The summed E-state index contributed by atoms with van der Waals surface area (Å²) in [7, 11) is 0. The van der Waals surface area contributed by atoms with Crippen LogP contribution in [0.3, 0.4) is 0 Å². The van der Waals surface area contributed by atoms with E-state index in [0.717, 1.165) is 22.9 Å². The molecule has 5 N–H and O–H groups in total. The van der Waals surface area contributed by atoms with Gasteiger partial charge in [0.2, 0.25) is 5.91 Å². The molecule has 3 aromatic carbocycles. The zero-order valence-electron chi connectivity index (χ0n) is 22.9. The molecule has 0 radical (unpaired) electrons. The summed E-state index contributed by atoms with van der Waals surface area (Å²) < 4.78 is 39.3. The number of amidine groups is 1. The van der Waals surface area contributed by atoms with Gasteiger partial charge in [0.15, 0.2) is 0 Å². The van der Waals surface area contributed by atoms with E-state index in [1.54, 1.807) is 24.3 Å². The van der Waals surface area contributed by atoms with Gasteiger partial charge in [-0.1, -0.05) is 78.9 Å². The summed E-state index contributed by atoms with van der Waals surface area (Å²) in [6.07, 6.45) is -3.94. The molecule has 0 unspecified atom stereocenters. The normalized spacial score (nSPS) is 11.8. The minimum absolute atomic E-state index is 0.0956. The molecule has 0 spiro atoms. The van der Waals surface area contributed by atoms with Crippen molar-refractivity contribution in [3.63, 3.8) is 0 Å². The van der Waals surface area contributed by atoms with Crippen molar-refractivity contribution in [1.82, 2.24) is 15.4 Å². The molecular formula is C31H28F3N5O4. The van der Waals surface area contributed by atoms with Crippen LogP contribution in [0.1, 0.15) is 39.7 Å². The van der Waals surface area contributed by atoms with Gasteiger partial charge in [-0.05, 0) is 47.2 Å². The van der Waals surface area contributed by atoms with Crippen LogP contribution >= 0.6 is 0 Å². The Balaban J connectivity index is 1.46. The summed E-state index contributed by atoms with van der Waals surface area (Å²) in [4.78, 5) is 41.7. The Morgan fingerprint density at radius 2 is 1.51 bits per heavy atom. The fourth-order valence-corrected chi connectivity index (χ4v) is 4.14. The SMILES string of the molecule is C[C@H](NC(=O)c1cc(Cc2ccc(-c3ccccc3)cc2)cn1OC(=O)C(F)(F)F)C(=O)NCc1ccc(C(=N)N)cc1. The van der Waals surface area contributed by atoms with Gasteiger partial charge in [0.25, 0.3) is 5.91 Å². The number of alkyl halides is 3. The molecule has 0 bridgehead atoms. The lowest BCUT2D eigenvalue weighted by Crippen LogP contribution is -2.45. The van der Waals surface area contributed by atoms with Crippen molar-refractivity contribution in [2.24, 2.45) is 5.73 Å². The van der Waals surface area contributed by atoms with Crippen molar-refractivity contribution in [3.05, 3.63) is 119 Å². The zero-order chi connectivity index (χ0) is 31.1. The number of nitrogens with two attached hydrogens (primary N) is 1. The van der Waals surface area contributed by atoms with Crippen LogP contribution in [0, 0.1) is 5.41 Å². The topological polar surface area (TPSA) is 139 Å². The molecule has 1 aromatic heterocycles. The quantitative estimate of drug-likeness (QED) is 0.163. The maximum Gasteiger partial charge on any atom is 0.493 e. The molecule has 1 heterocycles. The number of benzene rings is 3. The number of rotatable bonds is 10. The average molecular weight is 592 g/mol. The molecule has 4 rings (SSSR count). The largest absolute Gasteiger partial charge is 0.493 e. The van der Waals surface area contributed by atoms with E-state index in [0.29, 0.717) is 21.4 Å². The number of carbonyl (C=O) groups excluding carboxylic acids is 3. The first-order chi connectivity index (χ1) is 20.4. The minimum Gasteiger partial charge on any atom is -0.384 e. The molecule has 43 heavy (non-hydrogen) atoms. The standard InChI is InChI=1S/C31H28F3N5O4/c1-19(28(40)37-17-21-9-13-25(14-10-21)27(35)36)38-29(41)26-16-22(18-39(26)43-30(42)31(32,33)34)15-20-7-11-24(12-8-20)23-5-3-2-4-6-23/h2-14,16,18-19H,15,17H2,1H3,(H3,35,36)(H,37,40)(H,38,41)/t19-/m0/s1. The number of carbonyl (C=O) groups is 3. The maximum absolute atomic E-state index is 13.0. The fraction of sp³-hybridized carbons (Fsp3) is 0.161. The van der Waals surface area contributed by atoms with Crippen molar-refractivity contribution in [2.45, 2.75) is 32.1 Å². The summed E-state index contributed by atoms with van der Waals surface area (Å²) in [5.74, 6) is -4.08. The van der Waals surface area contributed by atoms with Gasteiger partial charge in [-0.3, -0.25) is 15.0 Å². The number of halogens is 3. The van der Waals surface area contributed by atoms with E-state index in [-0.39, 0.29) is 18.8 Å². The third-order valence-electron chi connectivity index (χ3n) is 6.43. The smallest absolute Gasteiger partial charge is 0.384 e. The highest BCUT2D eigenvalue weighted by Gasteiger charge is 2.42. The van der Waals surface area contributed by atoms with Crippen LogP contribution in [-0.4, -0.2) is 40.6 Å². The molecular weight excluding hydrogens is 563 g/mol. The third kappa shape index (κ3) is 8.09. The van der Waals surface area contributed by atoms with Gasteiger partial charge in [0, 0.05) is 18.3 Å². The highest BCUT2D eigenvalue weighted by atomic mass is 19.4. The summed E-state index contributed by atoms with van der Waals surface area (Å²) in [5, 5.41) is 12.5. The number of nitrogen functional groups attached to an aromatic ring is 1.